The molecule has 0 atom stereocenters. The van der Waals surface area contributed by atoms with Gasteiger partial charge in [-0.1, -0.05) is 20.8 Å². The maximum Gasteiger partial charge on any atom is 0.0558 e. The number of nitrogens with one attached hydrogen (secondary N) is 1. The minimum Gasteiger partial charge on any atom is -0.395 e. The van der Waals surface area contributed by atoms with E-state index >= 15 is 0 Å². The summed E-state index contributed by atoms with van der Waals surface area (Å²) in [6, 6.07) is 0. The molecule has 1 saturated heterocycles. The summed E-state index contributed by atoms with van der Waals surface area (Å²) in [4.78, 5) is 6.83. The van der Waals surface area contributed by atoms with Gasteiger partial charge in [0, 0.05) is 52.4 Å². The Morgan fingerprint density at radius 3 is 1.91 bits per heavy atom. The number of hydrogen-bond acceptors (Lipinski definition) is 6. The van der Waals surface area contributed by atoms with Crippen LogP contribution in [-0.4, -0.2) is 111 Å². The van der Waals surface area contributed by atoms with Crippen molar-refractivity contribution in [3.8, 4) is 0 Å². The summed E-state index contributed by atoms with van der Waals surface area (Å²) in [5.74, 6) is 0. The van der Waals surface area contributed by atoms with Gasteiger partial charge in [0.15, 0.2) is 0 Å². The van der Waals surface area contributed by atoms with Gasteiger partial charge in [0.2, 0.25) is 0 Å². The van der Waals surface area contributed by atoms with E-state index in [1.807, 2.05) is 27.9 Å². The lowest BCUT2D eigenvalue weighted by molar-refractivity contribution is 0.116. The molecule has 1 aliphatic heterocycles. The van der Waals surface area contributed by atoms with Gasteiger partial charge >= 0.3 is 0 Å². The highest BCUT2D eigenvalue weighted by molar-refractivity contribution is 4.70. The number of aliphatic hydroxyl groups is 2. The van der Waals surface area contributed by atoms with E-state index in [-0.39, 0.29) is 6.61 Å². The molecule has 0 saturated carbocycles. The Morgan fingerprint density at radius 2 is 1.50 bits per heavy atom. The molecule has 0 bridgehead atoms. The molecule has 1 rings (SSSR count). The van der Waals surface area contributed by atoms with Crippen LogP contribution in [0.1, 0.15) is 20.8 Å². The Bertz CT molecular complexity index is 201. The second-order valence-electron chi connectivity index (χ2n) is 5.13. The topological polar surface area (TPSA) is 62.2 Å². The van der Waals surface area contributed by atoms with Crippen molar-refractivity contribution in [2.24, 2.45) is 0 Å². The van der Waals surface area contributed by atoms with E-state index < -0.39 is 0 Å². The van der Waals surface area contributed by atoms with Crippen LogP contribution in [0.15, 0.2) is 0 Å². The summed E-state index contributed by atoms with van der Waals surface area (Å²) in [6.45, 7) is 16.1. The number of hydrogen-bond donors (Lipinski definition) is 3. The van der Waals surface area contributed by atoms with Crippen LogP contribution in [0.2, 0.25) is 0 Å². The van der Waals surface area contributed by atoms with Crippen molar-refractivity contribution < 1.29 is 10.2 Å². The average Bonchev–Trinajstić information content (AvgIpc) is 2.57. The molecule has 136 valence electrons. The van der Waals surface area contributed by atoms with Gasteiger partial charge in [-0.15, -0.1) is 0 Å². The highest BCUT2D eigenvalue weighted by atomic mass is 16.3. The maximum atomic E-state index is 8.69. The van der Waals surface area contributed by atoms with Crippen LogP contribution < -0.4 is 5.32 Å². The van der Waals surface area contributed by atoms with Gasteiger partial charge in [0.25, 0.3) is 0 Å². The quantitative estimate of drug-likeness (QED) is 0.574. The summed E-state index contributed by atoms with van der Waals surface area (Å²) < 4.78 is 0. The molecule has 22 heavy (non-hydrogen) atoms. The molecule has 0 aromatic rings. The van der Waals surface area contributed by atoms with Crippen molar-refractivity contribution in [3.05, 3.63) is 0 Å². The average molecular weight is 321 g/mol. The van der Waals surface area contributed by atoms with Crippen molar-refractivity contribution in [1.82, 2.24) is 20.0 Å². The Labute approximate surface area is 138 Å². The van der Waals surface area contributed by atoms with Crippen molar-refractivity contribution in [1.29, 1.82) is 0 Å². The number of nitrogens with zero attached hydrogens (tertiary/aromatic N) is 3. The molecule has 3 N–H and O–H groups in total. The van der Waals surface area contributed by atoms with Crippen LogP contribution in [0.3, 0.4) is 0 Å². The Morgan fingerprint density at radius 1 is 0.955 bits per heavy atom. The summed E-state index contributed by atoms with van der Waals surface area (Å²) >= 11 is 0. The Hall–Kier alpha value is -0.240. The molecule has 0 aromatic heterocycles. The molecule has 0 spiro atoms. The van der Waals surface area contributed by atoms with Gasteiger partial charge in [0.05, 0.1) is 13.2 Å². The molecule has 0 aromatic carbocycles. The first kappa shape index (κ1) is 24.0. The molecule has 1 fully saturated rings. The van der Waals surface area contributed by atoms with E-state index in [0.717, 1.165) is 58.9 Å². The van der Waals surface area contributed by atoms with Crippen molar-refractivity contribution >= 4 is 0 Å². The molecule has 0 amide bonds. The fourth-order valence-electron chi connectivity index (χ4n) is 2.06. The van der Waals surface area contributed by atoms with E-state index in [0.29, 0.717) is 6.61 Å². The SMILES string of the molecule is CC.CCN1CCN(CCO)CC1.CNCCN(C)CCO. The lowest BCUT2D eigenvalue weighted by Gasteiger charge is -2.33. The predicted octanol–water partition coefficient (Wildman–Crippen LogP) is -0.228. The first-order valence-electron chi connectivity index (χ1n) is 8.67. The van der Waals surface area contributed by atoms with Gasteiger partial charge in [-0.25, -0.2) is 0 Å². The monoisotopic (exact) mass is 320 g/mol. The minimum absolute atomic E-state index is 0.250. The largest absolute Gasteiger partial charge is 0.395 e. The molecule has 1 aliphatic rings. The maximum absolute atomic E-state index is 8.69. The zero-order chi connectivity index (χ0) is 17.2. The zero-order valence-corrected chi connectivity index (χ0v) is 15.5. The van der Waals surface area contributed by atoms with E-state index in [1.165, 1.54) is 0 Å². The van der Waals surface area contributed by atoms with Crippen molar-refractivity contribution in [2.75, 3.05) is 86.2 Å². The van der Waals surface area contributed by atoms with E-state index in [4.69, 9.17) is 10.2 Å². The summed E-state index contributed by atoms with van der Waals surface area (Å²) in [6.07, 6.45) is 0. The van der Waals surface area contributed by atoms with E-state index in [2.05, 4.69) is 26.9 Å². The van der Waals surface area contributed by atoms with Crippen LogP contribution in [0.4, 0.5) is 0 Å². The van der Waals surface area contributed by atoms with Crippen molar-refractivity contribution in [3.63, 3.8) is 0 Å². The number of aliphatic hydroxyl groups excluding tert-OH is 2. The molecule has 0 radical (unpaired) electrons. The lowest BCUT2D eigenvalue weighted by atomic mass is 10.3. The third-order valence-corrected chi connectivity index (χ3v) is 3.55. The standard InChI is InChI=1S/C8H18N2O.C6H16N2O.C2H6/c1-2-9-3-5-10(6-4-9)7-8-11;1-7-3-4-8(2)5-6-9;1-2/h11H,2-8H2,1H3;7,9H,3-6H2,1-2H3;1-2H3. The van der Waals surface area contributed by atoms with Crippen LogP contribution in [0, 0.1) is 0 Å². The normalized spacial score (nSPS) is 15.8. The van der Waals surface area contributed by atoms with Crippen LogP contribution >= 0.6 is 0 Å². The number of rotatable bonds is 8. The second-order valence-corrected chi connectivity index (χ2v) is 5.13. The third kappa shape index (κ3) is 14.7. The van der Waals surface area contributed by atoms with Crippen LogP contribution in [0.25, 0.3) is 0 Å². The molecule has 0 aliphatic carbocycles. The number of likely N-dealkylation sites (N-methyl/N-ethyl adjacent to an activating group) is 3. The Kier molecular flexibility index (Phi) is 20.5. The molecule has 6 nitrogen and oxygen atoms in total. The number of piperazine rings is 1. The fraction of sp³-hybridized carbons (Fsp3) is 1.00. The van der Waals surface area contributed by atoms with Gasteiger partial charge in [-0.05, 0) is 20.6 Å². The summed E-state index contributed by atoms with van der Waals surface area (Å²) in [7, 11) is 3.92. The molecule has 0 unspecified atom stereocenters. The zero-order valence-electron chi connectivity index (χ0n) is 15.5. The molecular formula is C16H40N4O2. The minimum atomic E-state index is 0.250. The van der Waals surface area contributed by atoms with E-state index in [9.17, 15) is 0 Å². The van der Waals surface area contributed by atoms with Gasteiger partial charge in [-0.2, -0.15) is 0 Å². The van der Waals surface area contributed by atoms with Crippen LogP contribution in [0.5, 0.6) is 0 Å². The Balaban J connectivity index is 0. The highest BCUT2D eigenvalue weighted by Crippen LogP contribution is 1.99. The highest BCUT2D eigenvalue weighted by Gasteiger charge is 2.13. The lowest BCUT2D eigenvalue weighted by Crippen LogP contribution is -2.46. The smallest absolute Gasteiger partial charge is 0.0558 e. The number of β-amino-alcohol motifs (C(OH)–C–C–N with tert-alkyl or cyclic N) is 1. The van der Waals surface area contributed by atoms with E-state index in [1.54, 1.807) is 0 Å². The van der Waals surface area contributed by atoms with Gasteiger partial charge in [-0.3, -0.25) is 4.90 Å². The molecular weight excluding hydrogens is 280 g/mol. The summed E-state index contributed by atoms with van der Waals surface area (Å²) in [5.41, 5.74) is 0. The first-order chi connectivity index (χ1) is 10.7. The summed E-state index contributed by atoms with van der Waals surface area (Å²) in [5, 5.41) is 20.2. The van der Waals surface area contributed by atoms with Crippen molar-refractivity contribution in [2.45, 2.75) is 20.8 Å². The first-order valence-corrected chi connectivity index (χ1v) is 8.67. The van der Waals surface area contributed by atoms with Gasteiger partial charge < -0.3 is 25.3 Å². The second kappa shape index (κ2) is 18.8. The molecule has 1 heterocycles. The van der Waals surface area contributed by atoms with Crippen LogP contribution in [-0.2, 0) is 0 Å². The fourth-order valence-corrected chi connectivity index (χ4v) is 2.06. The van der Waals surface area contributed by atoms with Gasteiger partial charge in [0.1, 0.15) is 0 Å². The predicted molar refractivity (Wildman–Crippen MR) is 95.5 cm³/mol. The molecule has 6 heteroatoms. The third-order valence-electron chi connectivity index (χ3n) is 3.55.